The molecule has 0 radical (unpaired) electrons. The lowest BCUT2D eigenvalue weighted by atomic mass is 9.80. The van der Waals surface area contributed by atoms with E-state index in [0.29, 0.717) is 13.2 Å². The van der Waals surface area contributed by atoms with E-state index in [-0.39, 0.29) is 5.97 Å². The summed E-state index contributed by atoms with van der Waals surface area (Å²) in [6.07, 6.45) is 33.1. The Morgan fingerprint density at radius 2 is 1.30 bits per heavy atom. The molecule has 1 aliphatic rings. The van der Waals surface area contributed by atoms with Crippen LogP contribution in [0.1, 0.15) is 84.5 Å². The van der Waals surface area contributed by atoms with Gasteiger partial charge in [0.15, 0.2) is 5.60 Å². The monoisotopic (exact) mass is 414 g/mol. The second kappa shape index (κ2) is 17.9. The lowest BCUT2D eigenvalue weighted by Gasteiger charge is -2.38. The zero-order valence-corrected chi connectivity index (χ0v) is 19.2. The van der Waals surface area contributed by atoms with Gasteiger partial charge in [0.2, 0.25) is 0 Å². The molecule has 1 fully saturated rings. The fraction of sp³-hybridized carbons (Fsp3) is 0.593. The second-order valence-electron chi connectivity index (χ2n) is 7.62. The molecule has 30 heavy (non-hydrogen) atoms. The topological polar surface area (TPSA) is 35.5 Å². The summed E-state index contributed by atoms with van der Waals surface area (Å²) < 4.78 is 11.0. The van der Waals surface area contributed by atoms with E-state index in [4.69, 9.17) is 9.47 Å². The quantitative estimate of drug-likeness (QED) is 0.141. The van der Waals surface area contributed by atoms with E-state index in [1.54, 1.807) is 0 Å². The molecule has 1 rings (SSSR count). The predicted octanol–water partition coefficient (Wildman–Crippen LogP) is 7.41. The molecule has 0 spiro atoms. The summed E-state index contributed by atoms with van der Waals surface area (Å²) in [5.41, 5.74) is -0.632. The minimum Gasteiger partial charge on any atom is -0.464 e. The van der Waals surface area contributed by atoms with E-state index in [0.717, 1.165) is 70.6 Å². The highest BCUT2D eigenvalue weighted by atomic mass is 16.6. The number of carbonyl (C=O) groups excluding carboxylic acids is 1. The Hall–Kier alpha value is -1.87. The van der Waals surface area contributed by atoms with Crippen molar-refractivity contribution in [3.8, 4) is 0 Å². The number of hydrogen-bond acceptors (Lipinski definition) is 3. The van der Waals surface area contributed by atoms with Crippen LogP contribution in [-0.2, 0) is 14.3 Å². The fourth-order valence-electron chi connectivity index (χ4n) is 3.17. The maximum atomic E-state index is 12.0. The van der Waals surface area contributed by atoms with Gasteiger partial charge in [-0.2, -0.15) is 0 Å². The lowest BCUT2D eigenvalue weighted by molar-refractivity contribution is -0.185. The lowest BCUT2D eigenvalue weighted by Crippen LogP contribution is -2.49. The molecule has 0 aromatic carbocycles. The Balaban J connectivity index is 1.97. The number of unbranched alkanes of at least 4 members (excludes halogenated alkanes) is 2. The average molecular weight is 415 g/mol. The van der Waals surface area contributed by atoms with Gasteiger partial charge >= 0.3 is 5.97 Å². The summed E-state index contributed by atoms with van der Waals surface area (Å²) in [5, 5.41) is 0. The first-order chi connectivity index (χ1) is 14.7. The van der Waals surface area contributed by atoms with Crippen molar-refractivity contribution in [1.29, 1.82) is 0 Å². The van der Waals surface area contributed by atoms with Gasteiger partial charge in [-0.3, -0.25) is 0 Å². The molecular formula is C27H42O3. The van der Waals surface area contributed by atoms with Gasteiger partial charge in [0, 0.05) is 6.61 Å². The van der Waals surface area contributed by atoms with Crippen LogP contribution >= 0.6 is 0 Å². The van der Waals surface area contributed by atoms with E-state index in [1.807, 2.05) is 6.92 Å². The number of allylic oxidation sites excluding steroid dienone is 10. The summed E-state index contributed by atoms with van der Waals surface area (Å²) in [6.45, 7) is 5.07. The Morgan fingerprint density at radius 3 is 1.77 bits per heavy atom. The molecule has 1 saturated carbocycles. The van der Waals surface area contributed by atoms with Crippen LogP contribution in [0, 0.1) is 0 Å². The van der Waals surface area contributed by atoms with Crippen LogP contribution in [-0.4, -0.2) is 24.8 Å². The molecular weight excluding hydrogens is 372 g/mol. The predicted molar refractivity (Wildman–Crippen MR) is 127 cm³/mol. The molecule has 0 bridgehead atoms. The van der Waals surface area contributed by atoms with Crippen LogP contribution in [0.25, 0.3) is 0 Å². The molecule has 0 N–H and O–H groups in total. The summed E-state index contributed by atoms with van der Waals surface area (Å²) in [5.74, 6) is -0.172. The largest absolute Gasteiger partial charge is 0.464 e. The molecule has 0 aliphatic heterocycles. The first kappa shape index (κ1) is 26.2. The number of hydrogen-bond donors (Lipinski definition) is 0. The van der Waals surface area contributed by atoms with Crippen molar-refractivity contribution in [2.45, 2.75) is 90.1 Å². The summed E-state index contributed by atoms with van der Waals surface area (Å²) in [4.78, 5) is 12.0. The molecule has 3 heteroatoms. The average Bonchev–Trinajstić information content (AvgIpc) is 2.71. The van der Waals surface area contributed by atoms with E-state index < -0.39 is 5.60 Å². The highest BCUT2D eigenvalue weighted by Gasteiger charge is 2.46. The van der Waals surface area contributed by atoms with Gasteiger partial charge in [0.05, 0.1) is 6.61 Å². The maximum absolute atomic E-state index is 12.0. The van der Waals surface area contributed by atoms with Crippen molar-refractivity contribution in [3.63, 3.8) is 0 Å². The third-order valence-electron chi connectivity index (χ3n) is 5.11. The van der Waals surface area contributed by atoms with Gasteiger partial charge in [-0.1, -0.05) is 67.7 Å². The maximum Gasteiger partial charge on any atom is 0.338 e. The third kappa shape index (κ3) is 12.0. The van der Waals surface area contributed by atoms with E-state index in [1.165, 1.54) is 0 Å². The van der Waals surface area contributed by atoms with Crippen molar-refractivity contribution in [3.05, 3.63) is 60.8 Å². The Bertz CT molecular complexity index is 577. The molecule has 1 aliphatic carbocycles. The summed E-state index contributed by atoms with van der Waals surface area (Å²) in [6, 6.07) is 0. The van der Waals surface area contributed by atoms with E-state index in [2.05, 4.69) is 67.7 Å². The Morgan fingerprint density at radius 1 is 0.767 bits per heavy atom. The van der Waals surface area contributed by atoms with Gasteiger partial charge in [0.1, 0.15) is 0 Å². The first-order valence-electron chi connectivity index (χ1n) is 11.8. The van der Waals surface area contributed by atoms with Crippen molar-refractivity contribution >= 4 is 5.97 Å². The van der Waals surface area contributed by atoms with Crippen LogP contribution in [0.3, 0.4) is 0 Å². The molecule has 168 valence electrons. The van der Waals surface area contributed by atoms with Crippen LogP contribution < -0.4 is 0 Å². The zero-order valence-electron chi connectivity index (χ0n) is 19.2. The standard InChI is InChI=1S/C27H42O3/c1-3-5-6-7-8-9-10-11-12-13-14-15-16-17-18-19-20-21-25-30-27(23-22-24-27)26(28)29-4-2/h5-6,8-9,11-12,14-15,17-18H,3-4,7,10,13,16,19-25H2,1-2H3/b6-5-,9-8-,12-11-,15-14-,18-17-. The minimum atomic E-state index is -0.632. The van der Waals surface area contributed by atoms with E-state index in [9.17, 15) is 4.79 Å². The summed E-state index contributed by atoms with van der Waals surface area (Å²) >= 11 is 0. The smallest absolute Gasteiger partial charge is 0.338 e. The zero-order chi connectivity index (χ0) is 21.8. The van der Waals surface area contributed by atoms with Crippen molar-refractivity contribution in [2.24, 2.45) is 0 Å². The number of ether oxygens (including phenoxy) is 2. The molecule has 3 nitrogen and oxygen atoms in total. The molecule has 0 heterocycles. The Labute approximate surface area is 184 Å². The SMILES string of the molecule is CC/C=C\C/C=C\C/C=C\C/C=C\C/C=C\CCCCOC1(C(=O)OCC)CCC1. The Kier molecular flexibility index (Phi) is 15.7. The number of rotatable bonds is 17. The van der Waals surface area contributed by atoms with Crippen LogP contribution in [0.4, 0.5) is 0 Å². The fourth-order valence-corrected chi connectivity index (χ4v) is 3.17. The van der Waals surface area contributed by atoms with Gasteiger partial charge < -0.3 is 9.47 Å². The normalized spacial score (nSPS) is 16.5. The van der Waals surface area contributed by atoms with Gasteiger partial charge in [-0.15, -0.1) is 0 Å². The molecule has 0 aromatic rings. The number of esters is 1. The van der Waals surface area contributed by atoms with E-state index >= 15 is 0 Å². The van der Waals surface area contributed by atoms with Gasteiger partial charge in [0.25, 0.3) is 0 Å². The van der Waals surface area contributed by atoms with Crippen molar-refractivity contribution in [2.75, 3.05) is 13.2 Å². The second-order valence-corrected chi connectivity index (χ2v) is 7.62. The van der Waals surface area contributed by atoms with Crippen molar-refractivity contribution in [1.82, 2.24) is 0 Å². The van der Waals surface area contributed by atoms with Gasteiger partial charge in [-0.05, 0) is 77.6 Å². The highest BCUT2D eigenvalue weighted by molar-refractivity contribution is 5.80. The molecule has 0 unspecified atom stereocenters. The summed E-state index contributed by atoms with van der Waals surface area (Å²) in [7, 11) is 0. The van der Waals surface area contributed by atoms with Gasteiger partial charge in [-0.25, -0.2) is 4.79 Å². The molecule has 0 saturated heterocycles. The van der Waals surface area contributed by atoms with Crippen molar-refractivity contribution < 1.29 is 14.3 Å². The third-order valence-corrected chi connectivity index (χ3v) is 5.11. The van der Waals surface area contributed by atoms with Crippen LogP contribution in [0.15, 0.2) is 60.8 Å². The highest BCUT2D eigenvalue weighted by Crippen LogP contribution is 2.37. The molecule has 0 aromatic heterocycles. The number of carbonyl (C=O) groups is 1. The van der Waals surface area contributed by atoms with Crippen LogP contribution in [0.5, 0.6) is 0 Å². The first-order valence-corrected chi connectivity index (χ1v) is 11.8. The minimum absolute atomic E-state index is 0.172. The van der Waals surface area contributed by atoms with Crippen LogP contribution in [0.2, 0.25) is 0 Å². The molecule has 0 atom stereocenters. The molecule has 0 amide bonds.